The molecular formula is C19H19F3N4O2. The summed E-state index contributed by atoms with van der Waals surface area (Å²) in [6.07, 6.45) is 0.315. The van der Waals surface area contributed by atoms with Gasteiger partial charge >= 0.3 is 6.18 Å². The second-order valence-electron chi connectivity index (χ2n) is 6.86. The summed E-state index contributed by atoms with van der Waals surface area (Å²) in [5, 5.41) is 3.96. The molecule has 1 fully saturated rings. The van der Waals surface area contributed by atoms with E-state index in [-0.39, 0.29) is 34.7 Å². The van der Waals surface area contributed by atoms with Crippen molar-refractivity contribution in [3.63, 3.8) is 0 Å². The lowest BCUT2D eigenvalue weighted by Gasteiger charge is -2.34. The molecule has 9 heteroatoms. The van der Waals surface area contributed by atoms with Gasteiger partial charge in [-0.3, -0.25) is 4.79 Å². The predicted octanol–water partition coefficient (Wildman–Crippen LogP) is 4.41. The van der Waals surface area contributed by atoms with Crippen LogP contribution >= 0.6 is 0 Å². The highest BCUT2D eigenvalue weighted by molar-refractivity contribution is 5.93. The Hall–Kier alpha value is -2.84. The molecule has 1 saturated heterocycles. The van der Waals surface area contributed by atoms with Gasteiger partial charge in [0.05, 0.1) is 6.26 Å². The van der Waals surface area contributed by atoms with E-state index in [1.165, 1.54) is 18.4 Å². The summed E-state index contributed by atoms with van der Waals surface area (Å²) in [6, 6.07) is 5.37. The Morgan fingerprint density at radius 1 is 1.32 bits per heavy atom. The van der Waals surface area contributed by atoms with E-state index in [4.69, 9.17) is 4.42 Å². The van der Waals surface area contributed by atoms with E-state index in [1.807, 2.05) is 6.92 Å². The van der Waals surface area contributed by atoms with Gasteiger partial charge in [-0.15, -0.1) is 0 Å². The number of likely N-dealkylation sites (tertiary alicyclic amines) is 1. The molecule has 0 bridgehead atoms. The molecule has 0 unspecified atom stereocenters. The summed E-state index contributed by atoms with van der Waals surface area (Å²) in [7, 11) is 0. The zero-order chi connectivity index (χ0) is 19.9. The molecule has 0 aromatic carbocycles. The van der Waals surface area contributed by atoms with Crippen molar-refractivity contribution in [3.05, 3.63) is 41.9 Å². The number of halogens is 3. The van der Waals surface area contributed by atoms with Crippen molar-refractivity contribution in [3.8, 4) is 11.5 Å². The third-order valence-corrected chi connectivity index (χ3v) is 5.07. The monoisotopic (exact) mass is 392 g/mol. The minimum absolute atomic E-state index is 0.0325. The van der Waals surface area contributed by atoms with E-state index in [0.717, 1.165) is 31.7 Å². The minimum atomic E-state index is -4.66. The number of piperidine rings is 1. The van der Waals surface area contributed by atoms with Crippen LogP contribution in [0.2, 0.25) is 0 Å². The van der Waals surface area contributed by atoms with E-state index in [1.54, 1.807) is 11.0 Å². The van der Waals surface area contributed by atoms with E-state index in [9.17, 15) is 18.0 Å². The Balaban J connectivity index is 1.80. The molecule has 1 atom stereocenters. The third kappa shape index (κ3) is 3.25. The topological polar surface area (TPSA) is 63.6 Å². The molecule has 28 heavy (non-hydrogen) atoms. The normalized spacial score (nSPS) is 18.0. The van der Waals surface area contributed by atoms with Crippen LogP contribution in [0.5, 0.6) is 0 Å². The number of fused-ring (bicyclic) bond motifs is 1. The number of rotatable bonds is 3. The molecule has 1 amide bonds. The number of furan rings is 1. The van der Waals surface area contributed by atoms with Crippen molar-refractivity contribution in [1.82, 2.24) is 19.5 Å². The van der Waals surface area contributed by atoms with Crippen molar-refractivity contribution < 1.29 is 22.4 Å². The smallest absolute Gasteiger partial charge is 0.433 e. The lowest BCUT2D eigenvalue weighted by molar-refractivity contribution is -0.142. The number of aromatic nitrogens is 3. The molecule has 0 aliphatic carbocycles. The highest BCUT2D eigenvalue weighted by Gasteiger charge is 2.36. The number of carbonyl (C=O) groups is 1. The second-order valence-corrected chi connectivity index (χ2v) is 6.86. The first kappa shape index (κ1) is 18.5. The fourth-order valence-electron chi connectivity index (χ4n) is 3.67. The summed E-state index contributed by atoms with van der Waals surface area (Å²) in [5.41, 5.74) is -1.05. The van der Waals surface area contributed by atoms with Gasteiger partial charge in [0.15, 0.2) is 22.8 Å². The van der Waals surface area contributed by atoms with Crippen LogP contribution in [0, 0.1) is 0 Å². The van der Waals surface area contributed by atoms with Crippen LogP contribution < -0.4 is 0 Å². The Bertz CT molecular complexity index is 995. The van der Waals surface area contributed by atoms with Gasteiger partial charge in [0.1, 0.15) is 5.69 Å². The predicted molar refractivity (Wildman–Crippen MR) is 94.7 cm³/mol. The number of nitrogens with zero attached hydrogens (tertiary/aromatic N) is 4. The SMILES string of the molecule is CC[C@H]1CCCCN1C(=O)c1cc2nc(-c3ccco3)cc(C(F)(F)F)n2n1. The summed E-state index contributed by atoms with van der Waals surface area (Å²) < 4.78 is 46.7. The number of amides is 1. The van der Waals surface area contributed by atoms with Gasteiger partial charge in [0.25, 0.3) is 5.91 Å². The molecule has 0 radical (unpaired) electrons. The average Bonchev–Trinajstić information content (AvgIpc) is 3.35. The molecule has 3 aromatic heterocycles. The standard InChI is InChI=1S/C19H19F3N4O2/c1-2-12-6-3-4-8-25(12)18(27)14-11-17-23-13(15-7-5-9-28-15)10-16(19(20,21)22)26(17)24-14/h5,7,9-12H,2-4,6,8H2,1H3/t12-/m0/s1. The molecule has 1 aliphatic heterocycles. The van der Waals surface area contributed by atoms with Crippen LogP contribution in [0.4, 0.5) is 13.2 Å². The molecule has 4 rings (SSSR count). The molecule has 148 valence electrons. The molecule has 0 spiro atoms. The van der Waals surface area contributed by atoms with Crippen LogP contribution in [0.1, 0.15) is 48.8 Å². The molecule has 6 nitrogen and oxygen atoms in total. The quantitative estimate of drug-likeness (QED) is 0.662. The summed E-state index contributed by atoms with van der Waals surface area (Å²) in [5.74, 6) is -0.145. The number of hydrogen-bond acceptors (Lipinski definition) is 4. The van der Waals surface area contributed by atoms with Gasteiger partial charge in [-0.25, -0.2) is 9.50 Å². The van der Waals surface area contributed by atoms with Gasteiger partial charge in [-0.2, -0.15) is 18.3 Å². The Morgan fingerprint density at radius 3 is 2.82 bits per heavy atom. The second kappa shape index (κ2) is 6.96. The van der Waals surface area contributed by atoms with Crippen LogP contribution in [0.3, 0.4) is 0 Å². The number of hydrogen-bond donors (Lipinski definition) is 0. The number of alkyl halides is 3. The maximum absolute atomic E-state index is 13.6. The van der Waals surface area contributed by atoms with Gasteiger partial charge in [0.2, 0.25) is 0 Å². The Morgan fingerprint density at radius 2 is 2.14 bits per heavy atom. The van der Waals surface area contributed by atoms with Crippen molar-refractivity contribution >= 4 is 11.6 Å². The zero-order valence-corrected chi connectivity index (χ0v) is 15.2. The van der Waals surface area contributed by atoms with E-state index in [0.29, 0.717) is 11.1 Å². The van der Waals surface area contributed by atoms with Gasteiger partial charge in [-0.1, -0.05) is 6.92 Å². The average molecular weight is 392 g/mol. The fraction of sp³-hybridized carbons (Fsp3) is 0.421. The van der Waals surface area contributed by atoms with Crippen molar-refractivity contribution in [1.29, 1.82) is 0 Å². The fourth-order valence-corrected chi connectivity index (χ4v) is 3.67. The van der Waals surface area contributed by atoms with Crippen molar-refractivity contribution in [2.75, 3.05) is 6.54 Å². The molecule has 0 N–H and O–H groups in total. The lowest BCUT2D eigenvalue weighted by atomic mass is 9.99. The van der Waals surface area contributed by atoms with Crippen LogP contribution in [-0.4, -0.2) is 38.0 Å². The van der Waals surface area contributed by atoms with Crippen LogP contribution in [-0.2, 0) is 6.18 Å². The molecule has 4 heterocycles. The molecule has 0 saturated carbocycles. The first-order valence-electron chi connectivity index (χ1n) is 9.21. The maximum atomic E-state index is 13.6. The van der Waals surface area contributed by atoms with Gasteiger partial charge in [0, 0.05) is 18.7 Å². The first-order valence-corrected chi connectivity index (χ1v) is 9.21. The van der Waals surface area contributed by atoms with E-state index >= 15 is 0 Å². The minimum Gasteiger partial charge on any atom is -0.463 e. The van der Waals surface area contributed by atoms with E-state index < -0.39 is 11.9 Å². The van der Waals surface area contributed by atoms with Gasteiger partial charge < -0.3 is 9.32 Å². The zero-order valence-electron chi connectivity index (χ0n) is 15.2. The van der Waals surface area contributed by atoms with Crippen LogP contribution in [0.25, 0.3) is 17.1 Å². The molecular weight excluding hydrogens is 373 g/mol. The summed E-state index contributed by atoms with van der Waals surface area (Å²) in [4.78, 5) is 18.9. The van der Waals surface area contributed by atoms with Crippen LogP contribution in [0.15, 0.2) is 34.9 Å². The van der Waals surface area contributed by atoms with Crippen molar-refractivity contribution in [2.45, 2.75) is 44.8 Å². The first-order chi connectivity index (χ1) is 13.4. The number of carbonyl (C=O) groups excluding carboxylic acids is 1. The molecule has 1 aliphatic rings. The summed E-state index contributed by atoms with van der Waals surface area (Å²) in [6.45, 7) is 2.58. The third-order valence-electron chi connectivity index (χ3n) is 5.07. The largest absolute Gasteiger partial charge is 0.463 e. The Labute approximate surface area is 159 Å². The highest BCUT2D eigenvalue weighted by atomic mass is 19.4. The maximum Gasteiger partial charge on any atom is 0.433 e. The lowest BCUT2D eigenvalue weighted by Crippen LogP contribution is -2.43. The Kier molecular flexibility index (Phi) is 4.60. The highest BCUT2D eigenvalue weighted by Crippen LogP contribution is 2.32. The van der Waals surface area contributed by atoms with Gasteiger partial charge in [-0.05, 0) is 43.9 Å². The molecule has 3 aromatic rings. The van der Waals surface area contributed by atoms with E-state index in [2.05, 4.69) is 10.1 Å². The summed E-state index contributed by atoms with van der Waals surface area (Å²) >= 11 is 0. The van der Waals surface area contributed by atoms with Crippen molar-refractivity contribution in [2.24, 2.45) is 0 Å².